The molecule has 0 bridgehead atoms. The molecule has 2 nitrogen and oxygen atoms in total. The van der Waals surface area contributed by atoms with Gasteiger partial charge in [0.15, 0.2) is 0 Å². The highest BCUT2D eigenvalue weighted by molar-refractivity contribution is 6.30. The lowest BCUT2D eigenvalue weighted by Crippen LogP contribution is -2.30. The molecule has 0 saturated heterocycles. The second kappa shape index (κ2) is 6.33. The van der Waals surface area contributed by atoms with Gasteiger partial charge in [0, 0.05) is 5.02 Å². The number of rotatable bonds is 3. The summed E-state index contributed by atoms with van der Waals surface area (Å²) < 4.78 is 0. The van der Waals surface area contributed by atoms with Crippen LogP contribution in [0.15, 0.2) is 24.3 Å². The summed E-state index contributed by atoms with van der Waals surface area (Å²) in [6, 6.07) is 6.91. The maximum Gasteiger partial charge on any atom is 0.0755 e. The van der Waals surface area contributed by atoms with E-state index in [1.54, 1.807) is 12.1 Å². The lowest BCUT2D eigenvalue weighted by molar-refractivity contribution is 0.0979. The van der Waals surface area contributed by atoms with Gasteiger partial charge >= 0.3 is 0 Å². The topological polar surface area (TPSA) is 46.2 Å². The molecule has 0 spiro atoms. The van der Waals surface area contributed by atoms with Crippen LogP contribution in [-0.2, 0) is 0 Å². The molecule has 0 unspecified atom stereocenters. The fourth-order valence-corrected chi connectivity index (χ4v) is 1.42. The Hall–Kier alpha value is -0.280. The number of halogens is 2. The minimum absolute atomic E-state index is 0. The van der Waals surface area contributed by atoms with Gasteiger partial charge in [-0.25, -0.2) is 0 Å². The summed E-state index contributed by atoms with van der Waals surface area (Å²) in [5.74, 6) is 0.153. The van der Waals surface area contributed by atoms with E-state index in [1.165, 1.54) is 0 Å². The standard InChI is InChI=1S/C11H16ClNO.ClH/c1-7(2)11(14)10(13)8-3-5-9(12)6-4-8;/h3-7,10-11,14H,13H2,1-2H3;1H/t10-,11+;/m0./s1. The Morgan fingerprint density at radius 3 is 2.07 bits per heavy atom. The normalized spacial score (nSPS) is 14.5. The van der Waals surface area contributed by atoms with Crippen molar-refractivity contribution in [2.45, 2.75) is 26.0 Å². The first-order valence-corrected chi connectivity index (χ1v) is 5.09. The van der Waals surface area contributed by atoms with Crippen molar-refractivity contribution < 1.29 is 5.11 Å². The first-order chi connectivity index (χ1) is 6.52. The lowest BCUT2D eigenvalue weighted by atomic mass is 9.95. The molecule has 1 rings (SSSR count). The monoisotopic (exact) mass is 249 g/mol. The summed E-state index contributed by atoms with van der Waals surface area (Å²) >= 11 is 5.76. The smallest absolute Gasteiger partial charge is 0.0755 e. The third-order valence-electron chi connectivity index (χ3n) is 2.31. The molecule has 1 aromatic carbocycles. The zero-order valence-corrected chi connectivity index (χ0v) is 10.4. The highest BCUT2D eigenvalue weighted by Gasteiger charge is 2.19. The van der Waals surface area contributed by atoms with Gasteiger partial charge < -0.3 is 10.8 Å². The maximum absolute atomic E-state index is 9.76. The van der Waals surface area contributed by atoms with Crippen LogP contribution in [0, 0.1) is 5.92 Å². The summed E-state index contributed by atoms with van der Waals surface area (Å²) in [5, 5.41) is 10.4. The molecule has 0 radical (unpaired) electrons. The van der Waals surface area contributed by atoms with E-state index in [0.717, 1.165) is 5.56 Å². The van der Waals surface area contributed by atoms with E-state index < -0.39 is 6.10 Å². The van der Waals surface area contributed by atoms with Crippen molar-refractivity contribution in [1.29, 1.82) is 0 Å². The average molecular weight is 250 g/mol. The quantitative estimate of drug-likeness (QED) is 0.866. The summed E-state index contributed by atoms with van der Waals surface area (Å²) in [6.07, 6.45) is -0.517. The molecular formula is C11H17Cl2NO. The van der Waals surface area contributed by atoms with Gasteiger partial charge in [-0.15, -0.1) is 12.4 Å². The van der Waals surface area contributed by atoms with Gasteiger partial charge in [-0.05, 0) is 23.6 Å². The van der Waals surface area contributed by atoms with Gasteiger partial charge in [-0.1, -0.05) is 37.6 Å². The summed E-state index contributed by atoms with van der Waals surface area (Å²) in [6.45, 7) is 3.89. The average Bonchev–Trinajstić information content (AvgIpc) is 2.16. The van der Waals surface area contributed by atoms with Gasteiger partial charge in [0.2, 0.25) is 0 Å². The van der Waals surface area contributed by atoms with Crippen molar-refractivity contribution in [3.63, 3.8) is 0 Å². The van der Waals surface area contributed by atoms with Gasteiger partial charge in [-0.2, -0.15) is 0 Å². The molecule has 4 heteroatoms. The fourth-order valence-electron chi connectivity index (χ4n) is 1.30. The molecule has 2 atom stereocenters. The van der Waals surface area contributed by atoms with Crippen LogP contribution in [0.3, 0.4) is 0 Å². The lowest BCUT2D eigenvalue weighted by Gasteiger charge is -2.22. The third-order valence-corrected chi connectivity index (χ3v) is 2.56. The second-order valence-electron chi connectivity index (χ2n) is 3.81. The van der Waals surface area contributed by atoms with E-state index in [9.17, 15) is 5.11 Å². The van der Waals surface area contributed by atoms with Gasteiger partial charge in [0.1, 0.15) is 0 Å². The van der Waals surface area contributed by atoms with E-state index in [2.05, 4.69) is 0 Å². The predicted molar refractivity (Wildman–Crippen MR) is 66.5 cm³/mol. The van der Waals surface area contributed by atoms with Crippen LogP contribution in [-0.4, -0.2) is 11.2 Å². The minimum Gasteiger partial charge on any atom is -0.391 e. The van der Waals surface area contributed by atoms with E-state index in [4.69, 9.17) is 17.3 Å². The molecule has 0 amide bonds. The van der Waals surface area contributed by atoms with Gasteiger partial charge in [0.05, 0.1) is 12.1 Å². The van der Waals surface area contributed by atoms with Gasteiger partial charge in [-0.3, -0.25) is 0 Å². The first kappa shape index (κ1) is 14.7. The number of benzene rings is 1. The molecule has 0 heterocycles. The van der Waals surface area contributed by atoms with Crippen LogP contribution in [0.25, 0.3) is 0 Å². The molecule has 0 aromatic heterocycles. The Labute approximate surface area is 102 Å². The zero-order chi connectivity index (χ0) is 10.7. The Balaban J connectivity index is 0.00000196. The number of hydrogen-bond acceptors (Lipinski definition) is 2. The van der Waals surface area contributed by atoms with Crippen molar-refractivity contribution in [2.75, 3.05) is 0 Å². The number of hydrogen-bond donors (Lipinski definition) is 2. The van der Waals surface area contributed by atoms with Crippen molar-refractivity contribution in [3.05, 3.63) is 34.9 Å². The molecule has 3 N–H and O–H groups in total. The Morgan fingerprint density at radius 1 is 1.20 bits per heavy atom. The SMILES string of the molecule is CC(C)[C@@H](O)[C@@H](N)c1ccc(Cl)cc1.Cl. The number of aliphatic hydroxyl groups excluding tert-OH is 1. The van der Waals surface area contributed by atoms with Crippen LogP contribution in [0.5, 0.6) is 0 Å². The molecule has 1 aromatic rings. The Morgan fingerprint density at radius 2 is 1.67 bits per heavy atom. The van der Waals surface area contributed by atoms with E-state index in [0.29, 0.717) is 5.02 Å². The van der Waals surface area contributed by atoms with E-state index in [-0.39, 0.29) is 24.4 Å². The van der Waals surface area contributed by atoms with Crippen LogP contribution in [0.4, 0.5) is 0 Å². The second-order valence-corrected chi connectivity index (χ2v) is 4.25. The molecule has 0 aliphatic heterocycles. The summed E-state index contributed by atoms with van der Waals surface area (Å²) in [4.78, 5) is 0. The molecule has 86 valence electrons. The highest BCUT2D eigenvalue weighted by atomic mass is 35.5. The molecule has 0 saturated carbocycles. The first-order valence-electron chi connectivity index (χ1n) is 4.71. The fraction of sp³-hybridized carbons (Fsp3) is 0.455. The maximum atomic E-state index is 9.76. The number of aliphatic hydroxyl groups is 1. The van der Waals surface area contributed by atoms with Crippen molar-refractivity contribution >= 4 is 24.0 Å². The molecule has 0 fully saturated rings. The van der Waals surface area contributed by atoms with Gasteiger partial charge in [0.25, 0.3) is 0 Å². The molecule has 15 heavy (non-hydrogen) atoms. The van der Waals surface area contributed by atoms with Crippen molar-refractivity contribution in [1.82, 2.24) is 0 Å². The summed E-state index contributed by atoms with van der Waals surface area (Å²) in [7, 11) is 0. The van der Waals surface area contributed by atoms with Crippen LogP contribution < -0.4 is 5.73 Å². The van der Waals surface area contributed by atoms with Crippen molar-refractivity contribution in [3.8, 4) is 0 Å². The van der Waals surface area contributed by atoms with Crippen LogP contribution >= 0.6 is 24.0 Å². The van der Waals surface area contributed by atoms with Crippen LogP contribution in [0.2, 0.25) is 5.02 Å². The van der Waals surface area contributed by atoms with E-state index in [1.807, 2.05) is 26.0 Å². The highest BCUT2D eigenvalue weighted by Crippen LogP contribution is 2.20. The Bertz CT molecular complexity index is 287. The zero-order valence-electron chi connectivity index (χ0n) is 8.85. The van der Waals surface area contributed by atoms with E-state index >= 15 is 0 Å². The Kier molecular flexibility index (Phi) is 6.22. The predicted octanol–water partition coefficient (Wildman–Crippen LogP) is 2.78. The molecule has 0 aliphatic carbocycles. The van der Waals surface area contributed by atoms with Crippen LogP contribution in [0.1, 0.15) is 25.5 Å². The molecule has 0 aliphatic rings. The minimum atomic E-state index is -0.517. The molecular weight excluding hydrogens is 233 g/mol. The third kappa shape index (κ3) is 3.99. The summed E-state index contributed by atoms with van der Waals surface area (Å²) in [5.41, 5.74) is 6.81. The largest absolute Gasteiger partial charge is 0.391 e. The number of nitrogens with two attached hydrogens (primary N) is 1. The van der Waals surface area contributed by atoms with Crippen molar-refractivity contribution in [2.24, 2.45) is 11.7 Å².